The number of nitrogens with zero attached hydrogens (tertiary/aromatic N) is 2. The first-order valence-corrected chi connectivity index (χ1v) is 7.74. The zero-order valence-corrected chi connectivity index (χ0v) is 13.5. The van der Waals surface area contributed by atoms with Crippen molar-refractivity contribution in [2.45, 2.75) is 0 Å². The molecule has 0 unspecified atom stereocenters. The Bertz CT molecular complexity index is 863. The zero-order chi connectivity index (χ0) is 17.1. The fraction of sp³-hybridized carbons (Fsp3) is 0.0625. The fourth-order valence-corrected chi connectivity index (χ4v) is 2.75. The maximum Gasteiger partial charge on any atom is 0.283 e. The lowest BCUT2D eigenvalue weighted by molar-refractivity contribution is -0.588. The van der Waals surface area contributed by atoms with Crippen LogP contribution in [0.3, 0.4) is 0 Å². The number of ether oxygens (including phenoxy) is 1. The van der Waals surface area contributed by atoms with E-state index >= 15 is 0 Å². The van der Waals surface area contributed by atoms with Gasteiger partial charge in [0, 0.05) is 27.0 Å². The third-order valence-corrected chi connectivity index (χ3v) is 4.07. The molecule has 0 atom stereocenters. The number of carbonyl (C=O) groups is 1. The summed E-state index contributed by atoms with van der Waals surface area (Å²) in [5.74, 6) is -0.0774. The first kappa shape index (κ1) is 15.9. The molecule has 0 aliphatic rings. The molecule has 1 heterocycles. The van der Waals surface area contributed by atoms with Crippen molar-refractivity contribution in [1.29, 1.82) is 0 Å². The van der Waals surface area contributed by atoms with Crippen LogP contribution < -0.4 is 19.9 Å². The molecule has 2 aromatic carbocycles. The van der Waals surface area contributed by atoms with Gasteiger partial charge in [0.1, 0.15) is 11.6 Å². The molecule has 3 rings (SSSR count). The number of carbonyl (C=O) groups excluding carboxylic acids is 1. The molecule has 0 saturated carbocycles. The molecule has 8 heteroatoms. The van der Waals surface area contributed by atoms with Crippen molar-refractivity contribution < 1.29 is 18.0 Å². The molecule has 0 fully saturated rings. The number of amides is 1. The minimum Gasteiger partial charge on any atom is -0.497 e. The zero-order valence-electron chi connectivity index (χ0n) is 12.7. The molecule has 24 heavy (non-hydrogen) atoms. The minimum atomic E-state index is -0.422. The van der Waals surface area contributed by atoms with Gasteiger partial charge in [-0.05, 0) is 36.4 Å². The lowest BCUT2D eigenvalue weighted by atomic mass is 10.3. The van der Waals surface area contributed by atoms with Crippen LogP contribution in [0.15, 0.2) is 48.5 Å². The van der Waals surface area contributed by atoms with E-state index in [0.29, 0.717) is 17.1 Å². The van der Waals surface area contributed by atoms with Crippen LogP contribution in [0.1, 0.15) is 10.5 Å². The van der Waals surface area contributed by atoms with Crippen molar-refractivity contribution in [2.24, 2.45) is 0 Å². The third-order valence-electron chi connectivity index (χ3n) is 3.22. The summed E-state index contributed by atoms with van der Waals surface area (Å²) in [5.41, 5.74) is 7.22. The highest BCUT2D eigenvalue weighted by atomic mass is 32.1. The molecule has 3 N–H and O–H groups in total. The Balaban J connectivity index is 1.81. The highest BCUT2D eigenvalue weighted by Gasteiger charge is 2.24. The predicted octanol–water partition coefficient (Wildman–Crippen LogP) is 2.40. The molecule has 0 aliphatic heterocycles. The average molecular weight is 345 g/mol. The standard InChI is InChI=1S/C16H13FN4O2S/c1-23-13-8-4-11(5-9-13)19-16(22)14-15(18)24-21(20-14)12-6-2-10(17)3-7-12/h2-9,18H,1H3,(H,19,22)/p+1. The highest BCUT2D eigenvalue weighted by molar-refractivity contribution is 7.06. The lowest BCUT2D eigenvalue weighted by Crippen LogP contribution is -2.30. The van der Waals surface area contributed by atoms with Gasteiger partial charge in [0.15, 0.2) is 16.5 Å². The fourth-order valence-electron chi connectivity index (χ4n) is 2.00. The van der Waals surface area contributed by atoms with E-state index in [1.54, 1.807) is 43.5 Å². The van der Waals surface area contributed by atoms with E-state index in [4.69, 9.17) is 10.5 Å². The second kappa shape index (κ2) is 6.63. The first-order chi connectivity index (χ1) is 11.6. The number of benzene rings is 2. The van der Waals surface area contributed by atoms with Gasteiger partial charge in [0.2, 0.25) is 5.69 Å². The van der Waals surface area contributed by atoms with Crippen molar-refractivity contribution in [3.8, 4) is 11.4 Å². The molecule has 6 nitrogen and oxygen atoms in total. The number of halogens is 1. The van der Waals surface area contributed by atoms with E-state index in [9.17, 15) is 9.18 Å². The van der Waals surface area contributed by atoms with Crippen molar-refractivity contribution in [1.82, 2.24) is 5.10 Å². The Morgan fingerprint density at radius 3 is 2.50 bits per heavy atom. The van der Waals surface area contributed by atoms with E-state index in [0.717, 1.165) is 11.5 Å². The van der Waals surface area contributed by atoms with Crippen LogP contribution in [-0.4, -0.2) is 18.1 Å². The number of aromatic nitrogens is 2. The number of nitrogens with two attached hydrogens (primary N) is 1. The molecule has 0 spiro atoms. The highest BCUT2D eigenvalue weighted by Crippen LogP contribution is 2.18. The Hall–Kier alpha value is -3.00. The molecular weight excluding hydrogens is 331 g/mol. The van der Waals surface area contributed by atoms with Crippen LogP contribution in [0.2, 0.25) is 0 Å². The lowest BCUT2D eigenvalue weighted by Gasteiger charge is -2.04. The minimum absolute atomic E-state index is 0.111. The Labute approximate surface area is 141 Å². The van der Waals surface area contributed by atoms with E-state index in [1.165, 1.54) is 16.2 Å². The average Bonchev–Trinajstić information content (AvgIpc) is 2.98. The predicted molar refractivity (Wildman–Crippen MR) is 89.0 cm³/mol. The summed E-state index contributed by atoms with van der Waals surface area (Å²) in [6.45, 7) is 0. The van der Waals surface area contributed by atoms with Crippen LogP contribution in [0.5, 0.6) is 5.75 Å². The van der Waals surface area contributed by atoms with Crippen LogP contribution in [0, 0.1) is 5.82 Å². The van der Waals surface area contributed by atoms with Crippen molar-refractivity contribution in [3.63, 3.8) is 0 Å². The number of hydrogen-bond donors (Lipinski definition) is 2. The van der Waals surface area contributed by atoms with Gasteiger partial charge in [-0.25, -0.2) is 4.39 Å². The first-order valence-electron chi connectivity index (χ1n) is 6.97. The van der Waals surface area contributed by atoms with Gasteiger partial charge in [-0.15, -0.1) is 0 Å². The Kier molecular flexibility index (Phi) is 4.39. The molecule has 0 saturated heterocycles. The summed E-state index contributed by atoms with van der Waals surface area (Å²) in [6, 6.07) is 12.7. The van der Waals surface area contributed by atoms with Gasteiger partial charge < -0.3 is 15.8 Å². The van der Waals surface area contributed by atoms with Gasteiger partial charge in [-0.3, -0.25) is 4.79 Å². The van der Waals surface area contributed by atoms with E-state index in [1.807, 2.05) is 0 Å². The summed E-state index contributed by atoms with van der Waals surface area (Å²) >= 11 is 1.10. The maximum absolute atomic E-state index is 13.0. The van der Waals surface area contributed by atoms with Crippen LogP contribution in [0.4, 0.5) is 15.1 Å². The summed E-state index contributed by atoms with van der Waals surface area (Å²) in [6.07, 6.45) is 0. The summed E-state index contributed by atoms with van der Waals surface area (Å²) in [7, 11) is 1.57. The molecule has 0 bridgehead atoms. The number of nitrogen functional groups attached to an aromatic ring is 1. The van der Waals surface area contributed by atoms with Gasteiger partial charge in [-0.2, -0.15) is 0 Å². The molecule has 3 aromatic rings. The number of nitrogens with one attached hydrogen (secondary N) is 1. The van der Waals surface area contributed by atoms with Gasteiger partial charge in [0.05, 0.1) is 7.11 Å². The molecule has 1 aromatic heterocycles. The maximum atomic E-state index is 13.0. The van der Waals surface area contributed by atoms with Gasteiger partial charge >= 0.3 is 0 Å². The SMILES string of the molecule is COc1ccc(NC(=O)c2n[n+](-c3ccc(F)cc3)sc2N)cc1. The van der Waals surface area contributed by atoms with Gasteiger partial charge in [-0.1, -0.05) is 0 Å². The van der Waals surface area contributed by atoms with Gasteiger partial charge in [0.25, 0.3) is 11.6 Å². The topological polar surface area (TPSA) is 81.1 Å². The Morgan fingerprint density at radius 2 is 1.88 bits per heavy atom. The summed E-state index contributed by atoms with van der Waals surface area (Å²) < 4.78 is 19.5. The van der Waals surface area contributed by atoms with E-state index < -0.39 is 5.91 Å². The van der Waals surface area contributed by atoms with Crippen molar-refractivity contribution >= 4 is 28.1 Å². The number of rotatable bonds is 4. The monoisotopic (exact) mass is 345 g/mol. The smallest absolute Gasteiger partial charge is 0.283 e. The van der Waals surface area contributed by atoms with Crippen molar-refractivity contribution in [3.05, 3.63) is 60.0 Å². The van der Waals surface area contributed by atoms with Crippen LogP contribution in [-0.2, 0) is 0 Å². The van der Waals surface area contributed by atoms with Crippen LogP contribution >= 0.6 is 11.5 Å². The molecular formula is C16H14FN4O2S+. The van der Waals surface area contributed by atoms with E-state index in [2.05, 4.69) is 10.4 Å². The normalized spacial score (nSPS) is 10.4. The molecule has 1 amide bonds. The van der Waals surface area contributed by atoms with Crippen molar-refractivity contribution in [2.75, 3.05) is 18.2 Å². The molecule has 122 valence electrons. The summed E-state index contributed by atoms with van der Waals surface area (Å²) in [5, 5.41) is 7.18. The van der Waals surface area contributed by atoms with E-state index in [-0.39, 0.29) is 16.5 Å². The molecule has 0 radical (unpaired) electrons. The largest absolute Gasteiger partial charge is 0.497 e. The second-order valence-electron chi connectivity index (χ2n) is 4.84. The summed E-state index contributed by atoms with van der Waals surface area (Å²) in [4.78, 5) is 12.3. The quantitative estimate of drug-likeness (QED) is 0.712. The number of hydrogen-bond acceptors (Lipinski definition) is 5. The van der Waals surface area contributed by atoms with Crippen LogP contribution in [0.25, 0.3) is 5.69 Å². The number of anilines is 2. The molecule has 0 aliphatic carbocycles. The second-order valence-corrected chi connectivity index (χ2v) is 5.80. The third kappa shape index (κ3) is 3.33. The Morgan fingerprint density at radius 1 is 1.21 bits per heavy atom. The number of methoxy groups -OCH3 is 1.